The van der Waals surface area contributed by atoms with Gasteiger partial charge in [-0.2, -0.15) is 0 Å². The Kier molecular flexibility index (Phi) is 5.99. The Morgan fingerprint density at radius 3 is 2.86 bits per heavy atom. The van der Waals surface area contributed by atoms with Gasteiger partial charge in [0.15, 0.2) is 0 Å². The average molecular weight is 291 g/mol. The number of ether oxygens (including phenoxy) is 1. The first-order chi connectivity index (χ1) is 10.2. The predicted octanol–water partition coefficient (Wildman–Crippen LogP) is 2.40. The number of pyridine rings is 1. The van der Waals surface area contributed by atoms with Gasteiger partial charge in [0.25, 0.3) is 0 Å². The molecule has 0 saturated carbocycles. The fraction of sp³-hybridized carbons (Fsp3) is 0.625. The molecule has 21 heavy (non-hydrogen) atoms. The minimum atomic E-state index is -0.311. The summed E-state index contributed by atoms with van der Waals surface area (Å²) in [5.41, 5.74) is 0.519. The number of piperidine rings is 1. The van der Waals surface area contributed by atoms with Crippen LogP contribution in [0, 0.1) is 5.92 Å². The zero-order valence-corrected chi connectivity index (χ0v) is 13.0. The summed E-state index contributed by atoms with van der Waals surface area (Å²) in [4.78, 5) is 18.6. The van der Waals surface area contributed by atoms with Crippen molar-refractivity contribution in [2.45, 2.75) is 26.7 Å². The van der Waals surface area contributed by atoms with E-state index in [1.54, 1.807) is 18.3 Å². The lowest BCUT2D eigenvalue weighted by Crippen LogP contribution is -2.35. The third kappa shape index (κ3) is 4.43. The van der Waals surface area contributed by atoms with Crippen LogP contribution < -0.4 is 5.32 Å². The molecule has 0 bridgehead atoms. The molecule has 1 aromatic rings. The highest BCUT2D eigenvalue weighted by molar-refractivity contribution is 5.94. The smallest absolute Gasteiger partial charge is 0.341 e. The summed E-state index contributed by atoms with van der Waals surface area (Å²) >= 11 is 0. The van der Waals surface area contributed by atoms with Crippen molar-refractivity contribution in [3.8, 4) is 0 Å². The van der Waals surface area contributed by atoms with Crippen LogP contribution in [-0.4, -0.2) is 48.6 Å². The third-order valence-corrected chi connectivity index (χ3v) is 4.02. The first-order valence-electron chi connectivity index (χ1n) is 7.83. The summed E-state index contributed by atoms with van der Waals surface area (Å²) in [5.74, 6) is 0.965. The molecule has 2 heterocycles. The molecule has 0 aromatic carbocycles. The van der Waals surface area contributed by atoms with Crippen molar-refractivity contribution in [3.05, 3.63) is 23.9 Å². The van der Waals surface area contributed by atoms with E-state index in [0.29, 0.717) is 23.9 Å². The predicted molar refractivity (Wildman–Crippen MR) is 83.5 cm³/mol. The van der Waals surface area contributed by atoms with E-state index in [-0.39, 0.29) is 5.97 Å². The van der Waals surface area contributed by atoms with Crippen molar-refractivity contribution >= 4 is 11.8 Å². The number of nitrogens with one attached hydrogen (secondary N) is 1. The normalized spacial score (nSPS) is 16.7. The molecule has 2 rings (SSSR count). The first-order valence-corrected chi connectivity index (χ1v) is 7.83. The summed E-state index contributed by atoms with van der Waals surface area (Å²) in [6, 6.07) is 3.52. The Bertz CT molecular complexity index is 457. The summed E-state index contributed by atoms with van der Waals surface area (Å²) in [6.45, 7) is 8.71. The maximum Gasteiger partial charge on any atom is 0.341 e. The van der Waals surface area contributed by atoms with Gasteiger partial charge >= 0.3 is 5.97 Å². The maximum absolute atomic E-state index is 11.9. The second-order valence-corrected chi connectivity index (χ2v) is 5.38. The first kappa shape index (κ1) is 15.8. The van der Waals surface area contributed by atoms with Crippen molar-refractivity contribution in [3.63, 3.8) is 0 Å². The topological polar surface area (TPSA) is 54.5 Å². The molecule has 0 amide bonds. The number of likely N-dealkylation sites (tertiary alicyclic amines) is 1. The molecule has 0 atom stereocenters. The highest BCUT2D eigenvalue weighted by Crippen LogP contribution is 2.19. The van der Waals surface area contributed by atoms with Crippen LogP contribution in [0.25, 0.3) is 0 Å². The van der Waals surface area contributed by atoms with Crippen molar-refractivity contribution < 1.29 is 9.53 Å². The van der Waals surface area contributed by atoms with Crippen molar-refractivity contribution in [1.29, 1.82) is 0 Å². The van der Waals surface area contributed by atoms with Crippen LogP contribution in [-0.2, 0) is 4.74 Å². The van der Waals surface area contributed by atoms with E-state index in [1.807, 2.05) is 6.92 Å². The molecule has 0 spiro atoms. The Morgan fingerprint density at radius 2 is 2.19 bits per heavy atom. The van der Waals surface area contributed by atoms with E-state index in [2.05, 4.69) is 22.1 Å². The molecule has 1 saturated heterocycles. The number of anilines is 1. The van der Waals surface area contributed by atoms with E-state index in [0.717, 1.165) is 26.2 Å². The monoisotopic (exact) mass is 291 g/mol. The van der Waals surface area contributed by atoms with Gasteiger partial charge in [0.05, 0.1) is 6.61 Å². The van der Waals surface area contributed by atoms with E-state index in [1.165, 1.54) is 12.8 Å². The molecule has 0 unspecified atom stereocenters. The zero-order chi connectivity index (χ0) is 15.1. The second kappa shape index (κ2) is 7.98. The Labute approximate surface area is 126 Å². The number of carbonyl (C=O) groups excluding carboxylic acids is 1. The van der Waals surface area contributed by atoms with Gasteiger partial charge < -0.3 is 15.0 Å². The molecule has 1 aromatic heterocycles. The minimum Gasteiger partial charge on any atom is -0.462 e. The summed E-state index contributed by atoms with van der Waals surface area (Å²) in [5, 5.41) is 3.32. The van der Waals surface area contributed by atoms with Crippen LogP contribution in [0.15, 0.2) is 18.3 Å². The molecular formula is C16H25N3O2. The number of rotatable bonds is 6. The highest BCUT2D eigenvalue weighted by atomic mass is 16.5. The molecule has 5 heteroatoms. The van der Waals surface area contributed by atoms with E-state index in [9.17, 15) is 4.79 Å². The standard InChI is InChI=1S/C16H25N3O2/c1-3-19-10-7-13(8-11-19)12-18-15-14(6-5-9-17-15)16(20)21-4-2/h5-6,9,13H,3-4,7-8,10-12H2,1-2H3,(H,17,18). The summed E-state index contributed by atoms with van der Waals surface area (Å²) in [7, 11) is 0. The number of nitrogens with zero attached hydrogens (tertiary/aromatic N) is 2. The van der Waals surface area contributed by atoms with Gasteiger partial charge in [0.1, 0.15) is 11.4 Å². The molecule has 1 N–H and O–H groups in total. The quantitative estimate of drug-likeness (QED) is 0.816. The Balaban J connectivity index is 1.90. The number of hydrogen-bond donors (Lipinski definition) is 1. The van der Waals surface area contributed by atoms with Gasteiger partial charge in [0, 0.05) is 12.7 Å². The molecule has 116 valence electrons. The van der Waals surface area contributed by atoms with Crippen LogP contribution in [0.4, 0.5) is 5.82 Å². The molecule has 5 nitrogen and oxygen atoms in total. The van der Waals surface area contributed by atoms with Crippen LogP contribution in [0.1, 0.15) is 37.0 Å². The lowest BCUT2D eigenvalue weighted by molar-refractivity contribution is 0.0527. The van der Waals surface area contributed by atoms with E-state index >= 15 is 0 Å². The van der Waals surface area contributed by atoms with Crippen molar-refractivity contribution in [2.75, 3.05) is 38.1 Å². The zero-order valence-electron chi connectivity index (χ0n) is 13.0. The van der Waals surface area contributed by atoms with Crippen LogP contribution in [0.3, 0.4) is 0 Å². The molecule has 1 aliphatic rings. The van der Waals surface area contributed by atoms with Gasteiger partial charge in [0.2, 0.25) is 0 Å². The van der Waals surface area contributed by atoms with Crippen LogP contribution in [0.2, 0.25) is 0 Å². The number of hydrogen-bond acceptors (Lipinski definition) is 5. The fourth-order valence-electron chi connectivity index (χ4n) is 2.67. The fourth-order valence-corrected chi connectivity index (χ4v) is 2.67. The van der Waals surface area contributed by atoms with Gasteiger partial charge in [-0.1, -0.05) is 6.92 Å². The average Bonchev–Trinajstić information content (AvgIpc) is 2.54. The maximum atomic E-state index is 11.9. The lowest BCUT2D eigenvalue weighted by atomic mass is 9.97. The van der Waals surface area contributed by atoms with Gasteiger partial charge in [-0.05, 0) is 57.5 Å². The molecule has 1 aliphatic heterocycles. The number of esters is 1. The molecule has 0 radical (unpaired) electrons. The lowest BCUT2D eigenvalue weighted by Gasteiger charge is -2.31. The van der Waals surface area contributed by atoms with Gasteiger partial charge in [-0.25, -0.2) is 9.78 Å². The summed E-state index contributed by atoms with van der Waals surface area (Å²) in [6.07, 6.45) is 4.09. The second-order valence-electron chi connectivity index (χ2n) is 5.38. The van der Waals surface area contributed by atoms with Crippen LogP contribution >= 0.6 is 0 Å². The van der Waals surface area contributed by atoms with Crippen molar-refractivity contribution in [1.82, 2.24) is 9.88 Å². The number of aromatic nitrogens is 1. The van der Waals surface area contributed by atoms with Gasteiger partial charge in [-0.3, -0.25) is 0 Å². The SMILES string of the molecule is CCOC(=O)c1cccnc1NCC1CCN(CC)CC1. The Morgan fingerprint density at radius 1 is 1.43 bits per heavy atom. The third-order valence-electron chi connectivity index (χ3n) is 4.02. The largest absolute Gasteiger partial charge is 0.462 e. The molecule has 0 aliphatic carbocycles. The van der Waals surface area contributed by atoms with Gasteiger partial charge in [-0.15, -0.1) is 0 Å². The molecule has 1 fully saturated rings. The molecular weight excluding hydrogens is 266 g/mol. The summed E-state index contributed by atoms with van der Waals surface area (Å²) < 4.78 is 5.06. The van der Waals surface area contributed by atoms with Crippen LogP contribution in [0.5, 0.6) is 0 Å². The number of carbonyl (C=O) groups is 1. The van der Waals surface area contributed by atoms with E-state index < -0.39 is 0 Å². The Hall–Kier alpha value is -1.62. The minimum absolute atomic E-state index is 0.311. The van der Waals surface area contributed by atoms with Crippen molar-refractivity contribution in [2.24, 2.45) is 5.92 Å². The highest BCUT2D eigenvalue weighted by Gasteiger charge is 2.19. The van der Waals surface area contributed by atoms with E-state index in [4.69, 9.17) is 4.74 Å².